The second-order valence-electron chi connectivity index (χ2n) is 5.61. The molecule has 1 unspecified atom stereocenters. The molecule has 3 aromatic rings. The summed E-state index contributed by atoms with van der Waals surface area (Å²) in [5.41, 5.74) is 2.29. The lowest BCUT2D eigenvalue weighted by atomic mass is 10.2. The Balaban J connectivity index is 1.65. The predicted octanol–water partition coefficient (Wildman–Crippen LogP) is 4.60. The van der Waals surface area contributed by atoms with E-state index in [9.17, 15) is 4.79 Å². The molecule has 3 nitrogen and oxygen atoms in total. The van der Waals surface area contributed by atoms with Crippen molar-refractivity contribution < 1.29 is 4.79 Å². The number of nitrogens with zero attached hydrogens (tertiary/aromatic N) is 1. The number of hydrogen-bond donors (Lipinski definition) is 1. The van der Waals surface area contributed by atoms with Crippen molar-refractivity contribution in [3.8, 4) is 11.8 Å². The molecule has 0 fully saturated rings. The van der Waals surface area contributed by atoms with Crippen molar-refractivity contribution in [2.75, 3.05) is 5.32 Å². The lowest BCUT2D eigenvalue weighted by molar-refractivity contribution is -0.115. The molecule has 4 heteroatoms. The maximum Gasteiger partial charge on any atom is 0.237 e. The highest BCUT2D eigenvalue weighted by Crippen LogP contribution is 2.23. The smallest absolute Gasteiger partial charge is 0.237 e. The number of rotatable bonds is 4. The molecule has 1 heterocycles. The minimum absolute atomic E-state index is 0.0336. The van der Waals surface area contributed by atoms with E-state index in [2.05, 4.69) is 22.1 Å². The molecule has 0 bridgehead atoms. The van der Waals surface area contributed by atoms with Crippen LogP contribution in [-0.4, -0.2) is 16.1 Å². The Hall–Kier alpha value is -3.03. The van der Waals surface area contributed by atoms with E-state index in [1.807, 2.05) is 79.7 Å². The van der Waals surface area contributed by atoms with Gasteiger partial charge in [-0.3, -0.25) is 4.79 Å². The standard InChI is InChI=1S/C22H18N2OS/c1-17(26-21-11-3-2-4-12-21)22(25)24-20-10-7-8-18(16-20)13-14-19-9-5-6-15-23-19/h2-12,15-17H,1H3,(H,24,25). The van der Waals surface area contributed by atoms with Crippen LogP contribution in [0.5, 0.6) is 0 Å². The van der Waals surface area contributed by atoms with Crippen LogP contribution in [0.3, 0.4) is 0 Å². The normalized spacial score (nSPS) is 11.1. The highest BCUT2D eigenvalue weighted by atomic mass is 32.2. The Morgan fingerprint density at radius 1 is 1.00 bits per heavy atom. The van der Waals surface area contributed by atoms with E-state index in [4.69, 9.17) is 0 Å². The summed E-state index contributed by atoms with van der Waals surface area (Å²) >= 11 is 1.53. The van der Waals surface area contributed by atoms with Crippen LogP contribution in [0, 0.1) is 11.8 Å². The number of anilines is 1. The highest BCUT2D eigenvalue weighted by molar-refractivity contribution is 8.00. The van der Waals surface area contributed by atoms with Gasteiger partial charge in [0.2, 0.25) is 5.91 Å². The SMILES string of the molecule is CC(Sc1ccccc1)C(=O)Nc1cccc(C#Cc2ccccn2)c1. The van der Waals surface area contributed by atoms with Gasteiger partial charge in [0.15, 0.2) is 0 Å². The molecular formula is C22H18N2OS. The minimum Gasteiger partial charge on any atom is -0.325 e. The van der Waals surface area contributed by atoms with Gasteiger partial charge in [-0.15, -0.1) is 11.8 Å². The molecule has 3 rings (SSSR count). The van der Waals surface area contributed by atoms with Gasteiger partial charge in [0, 0.05) is 22.3 Å². The molecule has 2 aromatic carbocycles. The van der Waals surface area contributed by atoms with E-state index in [1.54, 1.807) is 6.20 Å². The highest BCUT2D eigenvalue weighted by Gasteiger charge is 2.14. The summed E-state index contributed by atoms with van der Waals surface area (Å²) in [5, 5.41) is 2.76. The second kappa shape index (κ2) is 8.89. The first kappa shape index (κ1) is 17.8. The quantitative estimate of drug-likeness (QED) is 0.547. The van der Waals surface area contributed by atoms with Gasteiger partial charge in [-0.25, -0.2) is 4.98 Å². The summed E-state index contributed by atoms with van der Waals surface area (Å²) in [4.78, 5) is 17.7. The number of aromatic nitrogens is 1. The fraction of sp³-hybridized carbons (Fsp3) is 0.0909. The van der Waals surface area contributed by atoms with Crippen molar-refractivity contribution in [2.24, 2.45) is 0 Å². The van der Waals surface area contributed by atoms with Crippen LogP contribution in [0.1, 0.15) is 18.2 Å². The number of amides is 1. The molecule has 1 amide bonds. The first-order valence-corrected chi connectivity index (χ1v) is 9.14. The molecule has 0 radical (unpaired) electrons. The van der Waals surface area contributed by atoms with Gasteiger partial charge in [-0.2, -0.15) is 0 Å². The van der Waals surface area contributed by atoms with Gasteiger partial charge >= 0.3 is 0 Å². The van der Waals surface area contributed by atoms with E-state index in [0.717, 1.165) is 21.8 Å². The molecular weight excluding hydrogens is 340 g/mol. The van der Waals surface area contributed by atoms with Gasteiger partial charge < -0.3 is 5.32 Å². The third kappa shape index (κ3) is 5.23. The Kier molecular flexibility index (Phi) is 6.08. The van der Waals surface area contributed by atoms with Gasteiger partial charge in [-0.05, 0) is 55.3 Å². The Morgan fingerprint density at radius 2 is 1.81 bits per heavy atom. The number of hydrogen-bond acceptors (Lipinski definition) is 3. The Labute approximate surface area is 157 Å². The zero-order valence-electron chi connectivity index (χ0n) is 14.3. The summed E-state index contributed by atoms with van der Waals surface area (Å²) in [5.74, 6) is 6.06. The number of carbonyl (C=O) groups excluding carboxylic acids is 1. The maximum absolute atomic E-state index is 12.4. The molecule has 0 spiro atoms. The van der Waals surface area contributed by atoms with E-state index >= 15 is 0 Å². The molecule has 128 valence electrons. The van der Waals surface area contributed by atoms with Crippen molar-refractivity contribution in [3.63, 3.8) is 0 Å². The molecule has 1 aromatic heterocycles. The van der Waals surface area contributed by atoms with Crippen LogP contribution < -0.4 is 5.32 Å². The molecule has 0 aliphatic heterocycles. The molecule has 0 aliphatic rings. The summed E-state index contributed by atoms with van der Waals surface area (Å²) in [6.45, 7) is 1.90. The monoisotopic (exact) mass is 358 g/mol. The maximum atomic E-state index is 12.4. The Bertz CT molecular complexity index is 930. The number of benzene rings is 2. The third-order valence-corrected chi connectivity index (χ3v) is 4.67. The van der Waals surface area contributed by atoms with Crippen molar-refractivity contribution in [1.29, 1.82) is 0 Å². The van der Waals surface area contributed by atoms with Crippen molar-refractivity contribution in [3.05, 3.63) is 90.3 Å². The van der Waals surface area contributed by atoms with Gasteiger partial charge in [0.1, 0.15) is 5.69 Å². The van der Waals surface area contributed by atoms with E-state index in [0.29, 0.717) is 0 Å². The summed E-state index contributed by atoms with van der Waals surface area (Å²) in [6.07, 6.45) is 1.71. The predicted molar refractivity (Wildman–Crippen MR) is 107 cm³/mol. The average Bonchev–Trinajstić information content (AvgIpc) is 2.68. The summed E-state index contributed by atoms with van der Waals surface area (Å²) in [6, 6.07) is 23.1. The largest absolute Gasteiger partial charge is 0.325 e. The third-order valence-electron chi connectivity index (χ3n) is 3.56. The minimum atomic E-state index is -0.194. The first-order valence-electron chi connectivity index (χ1n) is 8.26. The number of thioether (sulfide) groups is 1. The van der Waals surface area contributed by atoms with Gasteiger partial charge in [0.05, 0.1) is 5.25 Å². The lowest BCUT2D eigenvalue weighted by Gasteiger charge is -2.12. The number of nitrogens with one attached hydrogen (secondary N) is 1. The Morgan fingerprint density at radius 3 is 2.58 bits per heavy atom. The molecule has 0 saturated heterocycles. The fourth-order valence-electron chi connectivity index (χ4n) is 2.25. The summed E-state index contributed by atoms with van der Waals surface area (Å²) in [7, 11) is 0. The second-order valence-corrected chi connectivity index (χ2v) is 7.02. The summed E-state index contributed by atoms with van der Waals surface area (Å²) < 4.78 is 0. The first-order chi connectivity index (χ1) is 12.7. The van der Waals surface area contributed by atoms with Gasteiger partial charge in [0.25, 0.3) is 0 Å². The molecule has 1 N–H and O–H groups in total. The van der Waals surface area contributed by atoms with Crippen LogP contribution in [0.25, 0.3) is 0 Å². The van der Waals surface area contributed by atoms with Gasteiger partial charge in [-0.1, -0.05) is 36.3 Å². The van der Waals surface area contributed by atoms with Crippen LogP contribution in [-0.2, 0) is 4.79 Å². The van der Waals surface area contributed by atoms with Crippen molar-refractivity contribution in [2.45, 2.75) is 17.1 Å². The fourth-order valence-corrected chi connectivity index (χ4v) is 3.14. The molecule has 0 saturated carbocycles. The lowest BCUT2D eigenvalue weighted by Crippen LogP contribution is -2.22. The molecule has 0 aliphatic carbocycles. The average molecular weight is 358 g/mol. The topological polar surface area (TPSA) is 42.0 Å². The van der Waals surface area contributed by atoms with Crippen LogP contribution in [0.4, 0.5) is 5.69 Å². The van der Waals surface area contributed by atoms with Crippen molar-refractivity contribution in [1.82, 2.24) is 4.98 Å². The van der Waals surface area contributed by atoms with Crippen LogP contribution in [0.2, 0.25) is 0 Å². The van der Waals surface area contributed by atoms with E-state index < -0.39 is 0 Å². The van der Waals surface area contributed by atoms with Crippen molar-refractivity contribution >= 4 is 23.4 Å². The zero-order valence-corrected chi connectivity index (χ0v) is 15.2. The van der Waals surface area contributed by atoms with Crippen LogP contribution >= 0.6 is 11.8 Å². The van der Waals surface area contributed by atoms with E-state index in [-0.39, 0.29) is 11.2 Å². The van der Waals surface area contributed by atoms with Crippen LogP contribution in [0.15, 0.2) is 83.9 Å². The molecule has 1 atom stereocenters. The number of pyridine rings is 1. The van der Waals surface area contributed by atoms with E-state index in [1.165, 1.54) is 11.8 Å². The molecule has 26 heavy (non-hydrogen) atoms. The number of carbonyl (C=O) groups is 1. The zero-order chi connectivity index (χ0) is 18.2.